The fraction of sp³-hybridized carbons (Fsp3) is 0.158. The summed E-state index contributed by atoms with van der Waals surface area (Å²) >= 11 is 0. The zero-order valence-corrected chi connectivity index (χ0v) is 13.2. The third-order valence-corrected chi connectivity index (χ3v) is 3.78. The van der Waals surface area contributed by atoms with Crippen LogP contribution in [0.4, 0.5) is 0 Å². The van der Waals surface area contributed by atoms with Crippen molar-refractivity contribution in [2.45, 2.75) is 13.3 Å². The van der Waals surface area contributed by atoms with Crippen molar-refractivity contribution in [1.82, 2.24) is 10.2 Å². The number of ether oxygens (including phenoxy) is 1. The van der Waals surface area contributed by atoms with E-state index in [9.17, 15) is 4.79 Å². The monoisotopic (exact) mass is 306 g/mol. The summed E-state index contributed by atoms with van der Waals surface area (Å²) in [5, 5.41) is 7.40. The quantitative estimate of drug-likeness (QED) is 0.728. The molecule has 0 aliphatic heterocycles. The minimum Gasteiger partial charge on any atom is -0.497 e. The van der Waals surface area contributed by atoms with Crippen molar-refractivity contribution >= 4 is 5.78 Å². The van der Waals surface area contributed by atoms with Crippen LogP contribution in [0.5, 0.6) is 5.75 Å². The normalized spacial score (nSPS) is 10.5. The molecule has 1 N–H and O–H groups in total. The maximum Gasteiger partial charge on any atom is 0.163 e. The number of aromatic nitrogens is 2. The van der Waals surface area contributed by atoms with Crippen LogP contribution in [-0.4, -0.2) is 23.1 Å². The molecule has 0 bridgehead atoms. The molecule has 116 valence electrons. The highest BCUT2D eigenvalue weighted by molar-refractivity contribution is 6.01. The lowest BCUT2D eigenvalue weighted by Gasteiger charge is -2.05. The maximum atomic E-state index is 12.1. The summed E-state index contributed by atoms with van der Waals surface area (Å²) < 4.78 is 5.17. The molecule has 3 rings (SSSR count). The number of aromatic amines is 1. The third kappa shape index (κ3) is 3.16. The van der Waals surface area contributed by atoms with Gasteiger partial charge in [0.25, 0.3) is 0 Å². The number of Topliss-reactive ketones (excluding diaryl/α,β-unsaturated/α-hetero) is 1. The van der Waals surface area contributed by atoms with Crippen molar-refractivity contribution in [1.29, 1.82) is 0 Å². The Kier molecular flexibility index (Phi) is 4.24. The highest BCUT2D eigenvalue weighted by atomic mass is 16.5. The number of benzene rings is 2. The van der Waals surface area contributed by atoms with E-state index in [1.165, 1.54) is 0 Å². The van der Waals surface area contributed by atoms with Crippen molar-refractivity contribution < 1.29 is 9.53 Å². The molecule has 4 heteroatoms. The van der Waals surface area contributed by atoms with Crippen LogP contribution in [0.15, 0.2) is 54.6 Å². The van der Waals surface area contributed by atoms with Crippen LogP contribution < -0.4 is 4.74 Å². The molecule has 23 heavy (non-hydrogen) atoms. The lowest BCUT2D eigenvalue weighted by molar-refractivity contribution is 0.101. The van der Waals surface area contributed by atoms with Gasteiger partial charge in [-0.25, -0.2) is 0 Å². The van der Waals surface area contributed by atoms with E-state index in [1.54, 1.807) is 14.0 Å². The van der Waals surface area contributed by atoms with Crippen LogP contribution in [0.1, 0.15) is 28.5 Å². The van der Waals surface area contributed by atoms with Gasteiger partial charge in [-0.05, 0) is 24.6 Å². The molecule has 2 aromatic carbocycles. The molecule has 1 heterocycles. The van der Waals surface area contributed by atoms with Crippen molar-refractivity contribution in [2.75, 3.05) is 7.11 Å². The Bertz CT molecular complexity index is 805. The van der Waals surface area contributed by atoms with Crippen LogP contribution in [-0.2, 0) is 6.42 Å². The number of H-pyrrole nitrogens is 1. The minimum atomic E-state index is 0.0149. The zero-order valence-electron chi connectivity index (χ0n) is 13.2. The lowest BCUT2D eigenvalue weighted by Crippen LogP contribution is -2.00. The van der Waals surface area contributed by atoms with E-state index in [-0.39, 0.29) is 5.78 Å². The zero-order chi connectivity index (χ0) is 16.2. The van der Waals surface area contributed by atoms with E-state index < -0.39 is 0 Å². The Morgan fingerprint density at radius 3 is 2.39 bits per heavy atom. The van der Waals surface area contributed by atoms with Crippen LogP contribution >= 0.6 is 0 Å². The molecule has 0 unspecified atom stereocenters. The second-order valence-electron chi connectivity index (χ2n) is 5.37. The van der Waals surface area contributed by atoms with Gasteiger partial charge in [0.1, 0.15) is 11.4 Å². The van der Waals surface area contributed by atoms with Crippen LogP contribution in [0, 0.1) is 0 Å². The number of hydrogen-bond acceptors (Lipinski definition) is 3. The molecule has 0 atom stereocenters. The average Bonchev–Trinajstić information content (AvgIpc) is 3.00. The van der Waals surface area contributed by atoms with Gasteiger partial charge in [0.05, 0.1) is 18.4 Å². The van der Waals surface area contributed by atoms with Gasteiger partial charge in [-0.15, -0.1) is 0 Å². The molecule has 0 aliphatic carbocycles. The first-order valence-corrected chi connectivity index (χ1v) is 7.45. The first kappa shape index (κ1) is 15.0. The van der Waals surface area contributed by atoms with E-state index >= 15 is 0 Å². The standard InChI is InChI=1S/C19H18N2O2/c1-13(22)18-17(12-14-8-10-16(23-2)11-9-14)20-21-19(18)15-6-4-3-5-7-15/h3-11H,12H2,1-2H3,(H,20,21). The second-order valence-corrected chi connectivity index (χ2v) is 5.37. The van der Waals surface area contributed by atoms with Crippen LogP contribution in [0.25, 0.3) is 11.3 Å². The summed E-state index contributed by atoms with van der Waals surface area (Å²) in [5.41, 5.74) is 4.24. The molecular formula is C19H18N2O2. The molecule has 0 aliphatic rings. The molecule has 1 aromatic heterocycles. The summed E-state index contributed by atoms with van der Waals surface area (Å²) in [7, 11) is 1.64. The summed E-state index contributed by atoms with van der Waals surface area (Å²) in [6.07, 6.45) is 0.624. The van der Waals surface area contributed by atoms with Crippen molar-refractivity contribution in [3.05, 3.63) is 71.4 Å². The smallest absolute Gasteiger partial charge is 0.163 e. The summed E-state index contributed by atoms with van der Waals surface area (Å²) in [4.78, 5) is 12.1. The van der Waals surface area contributed by atoms with E-state index in [2.05, 4.69) is 10.2 Å². The fourth-order valence-electron chi connectivity index (χ4n) is 2.64. The highest BCUT2D eigenvalue weighted by Crippen LogP contribution is 2.26. The molecule has 3 aromatic rings. The Balaban J connectivity index is 1.96. The molecule has 0 saturated carbocycles. The van der Waals surface area contributed by atoms with Crippen LogP contribution in [0.2, 0.25) is 0 Å². The third-order valence-electron chi connectivity index (χ3n) is 3.78. The van der Waals surface area contributed by atoms with Gasteiger partial charge in [-0.1, -0.05) is 42.5 Å². The minimum absolute atomic E-state index is 0.0149. The van der Waals surface area contributed by atoms with E-state index in [0.29, 0.717) is 17.7 Å². The van der Waals surface area contributed by atoms with E-state index in [4.69, 9.17) is 4.74 Å². The molecule has 0 saturated heterocycles. The van der Waals surface area contributed by atoms with Crippen molar-refractivity contribution in [3.63, 3.8) is 0 Å². The van der Waals surface area contributed by atoms with Gasteiger partial charge in [0.2, 0.25) is 0 Å². The van der Waals surface area contributed by atoms with Crippen molar-refractivity contribution in [2.24, 2.45) is 0 Å². The number of nitrogens with one attached hydrogen (secondary N) is 1. The second kappa shape index (κ2) is 6.48. The number of methoxy groups -OCH3 is 1. The Hall–Kier alpha value is -2.88. The first-order valence-electron chi connectivity index (χ1n) is 7.45. The molecule has 0 radical (unpaired) electrons. The number of carbonyl (C=O) groups is 1. The summed E-state index contributed by atoms with van der Waals surface area (Å²) in [5.74, 6) is 0.830. The van der Waals surface area contributed by atoms with Crippen molar-refractivity contribution in [3.8, 4) is 17.0 Å². The highest BCUT2D eigenvalue weighted by Gasteiger charge is 2.18. The van der Waals surface area contributed by atoms with Crippen LogP contribution in [0.3, 0.4) is 0 Å². The Labute approximate surface area is 135 Å². The number of rotatable bonds is 5. The maximum absolute atomic E-state index is 12.1. The van der Waals surface area contributed by atoms with Gasteiger partial charge >= 0.3 is 0 Å². The summed E-state index contributed by atoms with van der Waals surface area (Å²) in [6.45, 7) is 1.58. The summed E-state index contributed by atoms with van der Waals surface area (Å²) in [6, 6.07) is 17.6. The molecular weight excluding hydrogens is 288 g/mol. The largest absolute Gasteiger partial charge is 0.497 e. The number of nitrogens with zero attached hydrogens (tertiary/aromatic N) is 1. The molecule has 0 spiro atoms. The number of carbonyl (C=O) groups excluding carboxylic acids is 1. The van der Waals surface area contributed by atoms with E-state index in [1.807, 2.05) is 54.6 Å². The van der Waals surface area contributed by atoms with Gasteiger partial charge in [0.15, 0.2) is 5.78 Å². The van der Waals surface area contributed by atoms with Gasteiger partial charge < -0.3 is 4.74 Å². The van der Waals surface area contributed by atoms with E-state index in [0.717, 1.165) is 22.6 Å². The Morgan fingerprint density at radius 2 is 1.78 bits per heavy atom. The number of hydrogen-bond donors (Lipinski definition) is 1. The molecule has 0 fully saturated rings. The van der Waals surface area contributed by atoms with Gasteiger partial charge in [0, 0.05) is 12.0 Å². The number of ketones is 1. The fourth-order valence-corrected chi connectivity index (χ4v) is 2.64. The lowest BCUT2D eigenvalue weighted by atomic mass is 9.99. The molecule has 4 nitrogen and oxygen atoms in total. The van der Waals surface area contributed by atoms with Gasteiger partial charge in [-0.2, -0.15) is 5.10 Å². The van der Waals surface area contributed by atoms with Gasteiger partial charge in [-0.3, -0.25) is 9.89 Å². The topological polar surface area (TPSA) is 55.0 Å². The Morgan fingerprint density at radius 1 is 1.09 bits per heavy atom. The molecule has 0 amide bonds. The predicted molar refractivity (Wildman–Crippen MR) is 89.8 cm³/mol. The average molecular weight is 306 g/mol. The predicted octanol–water partition coefficient (Wildman–Crippen LogP) is 3.88. The first-order chi connectivity index (χ1) is 11.2. The SMILES string of the molecule is COc1ccc(Cc2[nH]nc(-c3ccccc3)c2C(C)=O)cc1.